The Kier molecular flexibility index (Phi) is 5.62. The van der Waals surface area contributed by atoms with Crippen LogP contribution in [0.2, 0.25) is 0 Å². The number of nitrogens with one attached hydrogen (secondary N) is 1. The number of alkyl halides is 8. The van der Waals surface area contributed by atoms with Gasteiger partial charge in [-0.05, 0) is 34.7 Å². The van der Waals surface area contributed by atoms with E-state index in [4.69, 9.17) is 0 Å². The second-order valence-corrected chi connectivity index (χ2v) is 5.16. The Balaban J connectivity index is 3.64. The molecular weight excluding hydrogens is 441 g/mol. The fraction of sp³-hybridized carbons (Fsp3) is 0.364. The first-order valence-electron chi connectivity index (χ1n) is 5.32. The monoisotopic (exact) mass is 447 g/mol. The van der Waals surface area contributed by atoms with E-state index in [1.165, 1.54) is 22.6 Å². The van der Waals surface area contributed by atoms with Crippen molar-refractivity contribution in [3.05, 3.63) is 26.8 Å². The zero-order chi connectivity index (χ0) is 17.3. The number of carbonyl (C=O) groups excluding carboxylic acids is 1. The third kappa shape index (κ3) is 3.27. The highest BCUT2D eigenvalue weighted by Crippen LogP contribution is 2.48. The van der Waals surface area contributed by atoms with Gasteiger partial charge in [-0.3, -0.25) is 4.79 Å². The summed E-state index contributed by atoms with van der Waals surface area (Å²) in [5.74, 6) is 0. The van der Waals surface area contributed by atoms with E-state index in [1.807, 2.05) is 5.32 Å². The van der Waals surface area contributed by atoms with Crippen LogP contribution in [0.5, 0.6) is 0 Å². The van der Waals surface area contributed by atoms with Crippen LogP contribution in [0.15, 0.2) is 12.1 Å². The minimum absolute atomic E-state index is 0.0252. The van der Waals surface area contributed by atoms with Crippen molar-refractivity contribution in [2.45, 2.75) is 24.7 Å². The predicted molar refractivity (Wildman–Crippen MR) is 68.6 cm³/mol. The van der Waals surface area contributed by atoms with Crippen molar-refractivity contribution < 1.29 is 39.9 Å². The molecule has 0 saturated carbocycles. The van der Waals surface area contributed by atoms with Crippen LogP contribution < -0.4 is 5.32 Å². The second kappa shape index (κ2) is 6.54. The van der Waals surface area contributed by atoms with E-state index in [2.05, 4.69) is 0 Å². The molecule has 0 saturated heterocycles. The first-order chi connectivity index (χ1) is 9.96. The molecule has 0 radical (unpaired) electrons. The molecule has 0 aliphatic rings. The molecule has 1 unspecified atom stereocenters. The van der Waals surface area contributed by atoms with E-state index in [0.717, 1.165) is 0 Å². The highest BCUT2D eigenvalue weighted by Gasteiger charge is 2.64. The highest BCUT2D eigenvalue weighted by molar-refractivity contribution is 14.1. The molecule has 1 atom stereocenters. The predicted octanol–water partition coefficient (Wildman–Crippen LogP) is 4.79. The molecule has 0 spiro atoms. The molecule has 0 fully saturated rings. The van der Waals surface area contributed by atoms with Gasteiger partial charge in [0.15, 0.2) is 0 Å². The molecule has 124 valence electrons. The van der Waals surface area contributed by atoms with Crippen LogP contribution in [0.25, 0.3) is 0 Å². The van der Waals surface area contributed by atoms with Crippen LogP contribution in [0.1, 0.15) is 17.6 Å². The zero-order valence-electron chi connectivity index (χ0n) is 10.2. The molecule has 1 amide bonds. The Bertz CT molecular complexity index is 562. The van der Waals surface area contributed by atoms with Gasteiger partial charge in [-0.25, -0.2) is 22.0 Å². The van der Waals surface area contributed by atoms with E-state index in [0.29, 0.717) is 6.07 Å². The fourth-order valence-electron chi connectivity index (χ4n) is 1.63. The lowest BCUT2D eigenvalue weighted by Gasteiger charge is -2.28. The molecule has 0 aromatic heterocycles. The molecule has 1 aromatic rings. The van der Waals surface area contributed by atoms with Gasteiger partial charge in [0.05, 0.1) is 5.69 Å². The number of carbonyl (C=O) groups is 1. The van der Waals surface area contributed by atoms with Gasteiger partial charge >= 0.3 is 6.18 Å². The minimum Gasteiger partial charge on any atom is -0.327 e. The summed E-state index contributed by atoms with van der Waals surface area (Å²) in [5, 5.41) is 1.81. The number of anilines is 1. The summed E-state index contributed by atoms with van der Waals surface area (Å²) in [6.45, 7) is 0. The van der Waals surface area contributed by atoms with Crippen LogP contribution in [-0.2, 0) is 10.5 Å². The molecule has 1 aromatic carbocycles. The molecule has 11 heteroatoms. The van der Waals surface area contributed by atoms with Gasteiger partial charge in [0.25, 0.3) is 18.5 Å². The Morgan fingerprint density at radius 3 is 2.00 bits per heavy atom. The maximum Gasteiger partial charge on any atom is 0.432 e. The van der Waals surface area contributed by atoms with Crippen molar-refractivity contribution in [3.63, 3.8) is 0 Å². The molecule has 0 aliphatic carbocycles. The minimum atomic E-state index is -6.01. The zero-order valence-corrected chi connectivity index (χ0v) is 12.4. The molecule has 0 heterocycles. The first-order valence-corrected chi connectivity index (χ1v) is 6.40. The molecule has 1 rings (SSSR count). The standard InChI is InChI=1S/C11H6F8INO/c12-8(13)5-1-4(2-6(20)7(5)21-3-22)10(16,9(14)15)11(17,18)19/h1-3,8-9H,(H,21,22). The SMILES string of the molecule is O=CNc1c(I)cc(C(F)(C(F)F)C(F)(F)F)cc1C(F)F. The summed E-state index contributed by atoms with van der Waals surface area (Å²) in [7, 11) is 0. The number of hydrogen-bond donors (Lipinski definition) is 1. The maximum absolute atomic E-state index is 13.9. The van der Waals surface area contributed by atoms with E-state index in [1.54, 1.807) is 0 Å². The fourth-order valence-corrected chi connectivity index (χ4v) is 2.44. The lowest BCUT2D eigenvalue weighted by molar-refractivity contribution is -0.274. The van der Waals surface area contributed by atoms with Crippen LogP contribution in [0.3, 0.4) is 0 Å². The lowest BCUT2D eigenvalue weighted by atomic mass is 9.93. The second-order valence-electron chi connectivity index (χ2n) is 4.00. The van der Waals surface area contributed by atoms with Crippen LogP contribution >= 0.6 is 22.6 Å². The molecule has 1 N–H and O–H groups in total. The summed E-state index contributed by atoms with van der Waals surface area (Å²) in [5.41, 5.74) is -8.53. The Morgan fingerprint density at radius 1 is 1.09 bits per heavy atom. The van der Waals surface area contributed by atoms with Gasteiger partial charge in [0, 0.05) is 14.7 Å². The van der Waals surface area contributed by atoms with Crippen LogP contribution in [-0.4, -0.2) is 19.0 Å². The molecule has 0 aliphatic heterocycles. The summed E-state index contributed by atoms with van der Waals surface area (Å²) < 4.78 is 102. The Labute approximate surface area is 132 Å². The average Bonchev–Trinajstić information content (AvgIpc) is 2.37. The molecule has 22 heavy (non-hydrogen) atoms. The van der Waals surface area contributed by atoms with Crippen molar-refractivity contribution >= 4 is 34.7 Å². The van der Waals surface area contributed by atoms with Crippen molar-refractivity contribution in [2.75, 3.05) is 5.32 Å². The number of rotatable bonds is 5. The van der Waals surface area contributed by atoms with Gasteiger partial charge < -0.3 is 5.32 Å². The van der Waals surface area contributed by atoms with Crippen molar-refractivity contribution in [3.8, 4) is 0 Å². The molecule has 2 nitrogen and oxygen atoms in total. The third-order valence-corrected chi connectivity index (χ3v) is 3.54. The van der Waals surface area contributed by atoms with Crippen LogP contribution in [0.4, 0.5) is 40.8 Å². The number of amides is 1. The smallest absolute Gasteiger partial charge is 0.327 e. The Morgan fingerprint density at radius 2 is 1.64 bits per heavy atom. The largest absolute Gasteiger partial charge is 0.432 e. The van der Waals surface area contributed by atoms with Crippen LogP contribution in [0, 0.1) is 3.57 Å². The van der Waals surface area contributed by atoms with E-state index < -0.39 is 45.1 Å². The van der Waals surface area contributed by atoms with E-state index >= 15 is 0 Å². The average molecular weight is 447 g/mol. The number of hydrogen-bond acceptors (Lipinski definition) is 1. The van der Waals surface area contributed by atoms with E-state index in [9.17, 15) is 39.9 Å². The molecule has 0 bridgehead atoms. The van der Waals surface area contributed by atoms with Crippen molar-refractivity contribution in [1.29, 1.82) is 0 Å². The number of halogens is 9. The Hall–Kier alpha value is -1.14. The van der Waals surface area contributed by atoms with Crippen molar-refractivity contribution in [2.24, 2.45) is 0 Å². The van der Waals surface area contributed by atoms with Gasteiger partial charge in [-0.15, -0.1) is 0 Å². The highest BCUT2D eigenvalue weighted by atomic mass is 127. The third-order valence-electron chi connectivity index (χ3n) is 2.69. The number of benzene rings is 1. The van der Waals surface area contributed by atoms with Gasteiger partial charge in [-0.1, -0.05) is 0 Å². The lowest BCUT2D eigenvalue weighted by Crippen LogP contribution is -2.44. The van der Waals surface area contributed by atoms with Gasteiger partial charge in [-0.2, -0.15) is 13.2 Å². The van der Waals surface area contributed by atoms with E-state index in [-0.39, 0.29) is 12.5 Å². The maximum atomic E-state index is 13.9. The summed E-state index contributed by atoms with van der Waals surface area (Å²) >= 11 is 1.23. The van der Waals surface area contributed by atoms with Crippen molar-refractivity contribution in [1.82, 2.24) is 0 Å². The quantitative estimate of drug-likeness (QED) is 0.393. The topological polar surface area (TPSA) is 29.1 Å². The summed E-state index contributed by atoms with van der Waals surface area (Å²) in [4.78, 5) is 10.3. The normalized spacial score (nSPS) is 15.0. The van der Waals surface area contributed by atoms with Gasteiger partial charge in [0.2, 0.25) is 6.41 Å². The summed E-state index contributed by atoms with van der Waals surface area (Å²) in [6, 6.07) is 0.302. The first kappa shape index (κ1) is 18.9. The molecular formula is C11H6F8INO. The van der Waals surface area contributed by atoms with Gasteiger partial charge in [0.1, 0.15) is 0 Å². The summed E-state index contributed by atoms with van der Waals surface area (Å²) in [6.07, 6.45) is -14.0.